The summed E-state index contributed by atoms with van der Waals surface area (Å²) in [5.41, 5.74) is 1.31. The number of hydrogen-bond donors (Lipinski definition) is 0. The zero-order valence-corrected chi connectivity index (χ0v) is 15.0. The van der Waals surface area contributed by atoms with Crippen LogP contribution in [0.25, 0.3) is 0 Å². The summed E-state index contributed by atoms with van der Waals surface area (Å²) < 4.78 is 6.41. The van der Waals surface area contributed by atoms with Crippen molar-refractivity contribution in [3.8, 4) is 0 Å². The molecule has 0 radical (unpaired) electrons. The molecule has 0 heterocycles. The Kier molecular flexibility index (Phi) is 5.46. The highest BCUT2D eigenvalue weighted by atomic mass is 28.4. The molecule has 20 heavy (non-hydrogen) atoms. The minimum atomic E-state index is -1.78. The molecule has 0 saturated carbocycles. The molecule has 1 aromatic rings. The second-order valence-electron chi connectivity index (χ2n) is 6.99. The second kappa shape index (κ2) is 6.49. The smallest absolute Gasteiger partial charge is 0.252 e. The van der Waals surface area contributed by atoms with Crippen LogP contribution in [0.4, 0.5) is 0 Å². The third-order valence-electron chi connectivity index (χ3n) is 3.96. The van der Waals surface area contributed by atoms with Gasteiger partial charge in [0.1, 0.15) is 0 Å². The van der Waals surface area contributed by atoms with Gasteiger partial charge in [-0.25, -0.2) is 0 Å². The van der Waals surface area contributed by atoms with E-state index in [1.165, 1.54) is 5.56 Å². The summed E-state index contributed by atoms with van der Waals surface area (Å²) in [6, 6.07) is 10.5. The van der Waals surface area contributed by atoms with Crippen LogP contribution in [0, 0.1) is 0 Å². The number of hydrogen-bond acceptors (Lipinski definition) is 2. The van der Waals surface area contributed by atoms with Crippen molar-refractivity contribution in [1.82, 2.24) is 4.90 Å². The van der Waals surface area contributed by atoms with Gasteiger partial charge in [0, 0.05) is 14.1 Å². The van der Waals surface area contributed by atoms with Crippen molar-refractivity contribution in [1.29, 1.82) is 0 Å². The Bertz CT molecular complexity index is 444. The highest BCUT2D eigenvalue weighted by Crippen LogP contribution is 2.38. The Balaban J connectivity index is 2.85. The van der Waals surface area contributed by atoms with Crippen LogP contribution in [0.2, 0.25) is 18.1 Å². The number of nitrogens with zero attached hydrogens (tertiary/aromatic N) is 1. The SMILES string of the molecule is CN(C)/C(=C/Cc1ccccc1)O[Si](C)(C)C(C)(C)C. The van der Waals surface area contributed by atoms with Crippen molar-refractivity contribution in [2.45, 2.75) is 45.3 Å². The summed E-state index contributed by atoms with van der Waals surface area (Å²) in [6.45, 7) is 11.4. The standard InChI is InChI=1S/C17H29NOSi/c1-17(2,3)20(6,7)19-16(18(4)5)14-13-15-11-9-8-10-12-15/h8-12,14H,13H2,1-7H3/b16-14-. The number of allylic oxidation sites excluding steroid dienone is 1. The first kappa shape index (κ1) is 16.8. The lowest BCUT2D eigenvalue weighted by Gasteiger charge is -2.38. The van der Waals surface area contributed by atoms with Gasteiger partial charge < -0.3 is 9.33 Å². The third kappa shape index (κ3) is 4.71. The van der Waals surface area contributed by atoms with Gasteiger partial charge >= 0.3 is 0 Å². The van der Waals surface area contributed by atoms with Gasteiger partial charge in [-0.05, 0) is 36.2 Å². The predicted octanol–water partition coefficient (Wildman–Crippen LogP) is 4.65. The average Bonchev–Trinajstić information content (AvgIpc) is 2.34. The Morgan fingerprint density at radius 3 is 2.15 bits per heavy atom. The lowest BCUT2D eigenvalue weighted by Crippen LogP contribution is -2.42. The average molecular weight is 292 g/mol. The fourth-order valence-electron chi connectivity index (χ4n) is 1.55. The van der Waals surface area contributed by atoms with Crippen LogP contribution in [0.15, 0.2) is 42.3 Å². The van der Waals surface area contributed by atoms with E-state index in [0.29, 0.717) is 0 Å². The van der Waals surface area contributed by atoms with Gasteiger partial charge in [-0.2, -0.15) is 0 Å². The quantitative estimate of drug-likeness (QED) is 0.578. The molecule has 0 aromatic heterocycles. The summed E-state index contributed by atoms with van der Waals surface area (Å²) in [5.74, 6) is 0.987. The molecule has 0 amide bonds. The lowest BCUT2D eigenvalue weighted by atomic mass is 10.1. The van der Waals surface area contributed by atoms with Crippen molar-refractivity contribution in [3.05, 3.63) is 47.9 Å². The Morgan fingerprint density at radius 2 is 1.70 bits per heavy atom. The second-order valence-corrected chi connectivity index (χ2v) is 11.7. The van der Waals surface area contributed by atoms with Gasteiger partial charge in [-0.3, -0.25) is 0 Å². The predicted molar refractivity (Wildman–Crippen MR) is 90.2 cm³/mol. The van der Waals surface area contributed by atoms with Gasteiger partial charge in [0.15, 0.2) is 5.88 Å². The van der Waals surface area contributed by atoms with Crippen molar-refractivity contribution in [2.24, 2.45) is 0 Å². The third-order valence-corrected chi connectivity index (χ3v) is 8.29. The van der Waals surface area contributed by atoms with E-state index in [2.05, 4.69) is 69.1 Å². The van der Waals surface area contributed by atoms with Crippen LogP contribution in [0.5, 0.6) is 0 Å². The molecule has 0 aliphatic rings. The van der Waals surface area contributed by atoms with Gasteiger partial charge in [0.05, 0.1) is 0 Å². The fourth-order valence-corrected chi connectivity index (χ4v) is 2.64. The van der Waals surface area contributed by atoms with Gasteiger partial charge in [-0.1, -0.05) is 51.1 Å². The van der Waals surface area contributed by atoms with Gasteiger partial charge in [0.25, 0.3) is 8.32 Å². The van der Waals surface area contributed by atoms with E-state index < -0.39 is 8.32 Å². The van der Waals surface area contributed by atoms with Crippen LogP contribution in [0.3, 0.4) is 0 Å². The summed E-state index contributed by atoms with van der Waals surface area (Å²) in [4.78, 5) is 2.07. The molecule has 2 nitrogen and oxygen atoms in total. The van der Waals surface area contributed by atoms with E-state index in [1.807, 2.05) is 20.2 Å². The van der Waals surface area contributed by atoms with Gasteiger partial charge in [-0.15, -0.1) is 0 Å². The molecule has 0 saturated heterocycles. The van der Waals surface area contributed by atoms with Crippen molar-refractivity contribution in [2.75, 3.05) is 14.1 Å². The highest BCUT2D eigenvalue weighted by Gasteiger charge is 2.39. The molecular weight excluding hydrogens is 262 g/mol. The van der Waals surface area contributed by atoms with E-state index >= 15 is 0 Å². The van der Waals surface area contributed by atoms with E-state index in [-0.39, 0.29) is 5.04 Å². The minimum absolute atomic E-state index is 0.217. The molecular formula is C17H29NOSi. The molecule has 0 aliphatic carbocycles. The molecule has 1 aromatic carbocycles. The minimum Gasteiger partial charge on any atom is -0.532 e. The Hall–Kier alpha value is -1.22. The number of benzene rings is 1. The molecule has 1 rings (SSSR count). The van der Waals surface area contributed by atoms with Crippen molar-refractivity contribution >= 4 is 8.32 Å². The largest absolute Gasteiger partial charge is 0.532 e. The van der Waals surface area contributed by atoms with Crippen LogP contribution in [-0.2, 0) is 10.8 Å². The lowest BCUT2D eigenvalue weighted by molar-refractivity contribution is 0.260. The molecule has 112 valence electrons. The van der Waals surface area contributed by atoms with E-state index in [9.17, 15) is 0 Å². The molecule has 0 N–H and O–H groups in total. The summed E-state index contributed by atoms with van der Waals surface area (Å²) in [6.07, 6.45) is 3.10. The normalized spacial score (nSPS) is 13.2. The molecule has 0 aliphatic heterocycles. The molecule has 0 bridgehead atoms. The van der Waals surface area contributed by atoms with Crippen LogP contribution < -0.4 is 0 Å². The van der Waals surface area contributed by atoms with Crippen LogP contribution in [-0.4, -0.2) is 27.3 Å². The molecule has 3 heteroatoms. The monoisotopic (exact) mass is 291 g/mol. The zero-order chi connectivity index (χ0) is 15.4. The Morgan fingerprint density at radius 1 is 1.15 bits per heavy atom. The first-order valence-electron chi connectivity index (χ1n) is 7.24. The number of rotatable bonds is 5. The summed E-state index contributed by atoms with van der Waals surface area (Å²) >= 11 is 0. The molecule has 0 atom stereocenters. The summed E-state index contributed by atoms with van der Waals surface area (Å²) in [5, 5.41) is 0.217. The maximum atomic E-state index is 6.41. The van der Waals surface area contributed by atoms with Crippen LogP contribution >= 0.6 is 0 Å². The zero-order valence-electron chi connectivity index (χ0n) is 14.0. The van der Waals surface area contributed by atoms with E-state index in [0.717, 1.165) is 12.3 Å². The van der Waals surface area contributed by atoms with Gasteiger partial charge in [0.2, 0.25) is 0 Å². The maximum absolute atomic E-state index is 6.41. The van der Waals surface area contributed by atoms with Crippen LogP contribution in [0.1, 0.15) is 26.3 Å². The Labute approximate surface area is 125 Å². The topological polar surface area (TPSA) is 12.5 Å². The first-order valence-corrected chi connectivity index (χ1v) is 10.1. The first-order chi connectivity index (χ1) is 9.13. The molecule has 0 spiro atoms. The fraction of sp³-hybridized carbons (Fsp3) is 0.529. The molecule has 0 fully saturated rings. The molecule has 0 unspecified atom stereocenters. The highest BCUT2D eigenvalue weighted by molar-refractivity contribution is 6.74. The van der Waals surface area contributed by atoms with Crippen molar-refractivity contribution < 1.29 is 4.43 Å². The van der Waals surface area contributed by atoms with E-state index in [4.69, 9.17) is 4.43 Å². The summed E-state index contributed by atoms with van der Waals surface area (Å²) in [7, 11) is 2.31. The maximum Gasteiger partial charge on any atom is 0.252 e. The van der Waals surface area contributed by atoms with Crippen molar-refractivity contribution in [3.63, 3.8) is 0 Å². The van der Waals surface area contributed by atoms with E-state index in [1.54, 1.807) is 0 Å².